The zero-order chi connectivity index (χ0) is 19.9. The van der Waals surface area contributed by atoms with Gasteiger partial charge in [0.25, 0.3) is 5.91 Å². The maximum Gasteiger partial charge on any atom is 0.251 e. The molecule has 3 rings (SSSR count). The Morgan fingerprint density at radius 1 is 1.00 bits per heavy atom. The van der Waals surface area contributed by atoms with Crippen molar-refractivity contribution in [2.24, 2.45) is 0 Å². The fraction of sp³-hybridized carbons (Fsp3) is 0.250. The van der Waals surface area contributed by atoms with Crippen LogP contribution in [0.1, 0.15) is 40.9 Å². The van der Waals surface area contributed by atoms with Crippen LogP contribution in [0.25, 0.3) is 0 Å². The van der Waals surface area contributed by atoms with Crippen LogP contribution in [0.4, 0.5) is 5.82 Å². The zero-order valence-corrected chi connectivity index (χ0v) is 16.7. The minimum Gasteiger partial charge on any atom is -0.350 e. The van der Waals surface area contributed by atoms with Crippen molar-refractivity contribution in [1.82, 2.24) is 10.3 Å². The van der Waals surface area contributed by atoms with Crippen molar-refractivity contribution >= 4 is 11.7 Å². The third-order valence-electron chi connectivity index (χ3n) is 4.66. The number of pyridine rings is 1. The summed E-state index contributed by atoms with van der Waals surface area (Å²) in [6.45, 7) is 7.58. The van der Waals surface area contributed by atoms with Gasteiger partial charge in [0.1, 0.15) is 5.82 Å². The average Bonchev–Trinajstić information content (AvgIpc) is 2.71. The molecule has 0 radical (unpaired) electrons. The van der Waals surface area contributed by atoms with E-state index in [0.717, 1.165) is 17.9 Å². The van der Waals surface area contributed by atoms with Crippen molar-refractivity contribution in [3.63, 3.8) is 0 Å². The van der Waals surface area contributed by atoms with Crippen molar-refractivity contribution in [3.05, 3.63) is 95.2 Å². The van der Waals surface area contributed by atoms with Crippen molar-refractivity contribution in [2.45, 2.75) is 39.9 Å². The monoisotopic (exact) mass is 373 g/mol. The van der Waals surface area contributed by atoms with E-state index >= 15 is 0 Å². The van der Waals surface area contributed by atoms with E-state index in [0.29, 0.717) is 12.1 Å². The van der Waals surface area contributed by atoms with Gasteiger partial charge in [-0.1, -0.05) is 60.2 Å². The van der Waals surface area contributed by atoms with E-state index in [1.807, 2.05) is 49.4 Å². The molecule has 3 aromatic rings. The predicted octanol–water partition coefficient (Wildman–Crippen LogP) is 4.74. The molecular formula is C24H27N3O. The molecule has 0 unspecified atom stereocenters. The molecule has 4 nitrogen and oxygen atoms in total. The lowest BCUT2D eigenvalue weighted by Gasteiger charge is -2.28. The molecular weight excluding hydrogens is 346 g/mol. The van der Waals surface area contributed by atoms with Crippen LogP contribution in [-0.4, -0.2) is 16.9 Å². The van der Waals surface area contributed by atoms with Gasteiger partial charge in [-0.2, -0.15) is 0 Å². The van der Waals surface area contributed by atoms with Crippen molar-refractivity contribution in [1.29, 1.82) is 0 Å². The number of anilines is 1. The van der Waals surface area contributed by atoms with Gasteiger partial charge in [-0.05, 0) is 44.0 Å². The highest BCUT2D eigenvalue weighted by molar-refractivity contribution is 5.94. The van der Waals surface area contributed by atoms with Crippen LogP contribution in [0, 0.1) is 6.92 Å². The molecule has 1 aromatic heterocycles. The van der Waals surface area contributed by atoms with Gasteiger partial charge in [0.05, 0.1) is 0 Å². The topological polar surface area (TPSA) is 45.2 Å². The highest BCUT2D eigenvalue weighted by Crippen LogP contribution is 2.19. The number of amides is 1. The number of hydrogen-bond donors (Lipinski definition) is 1. The Hall–Kier alpha value is -3.14. The van der Waals surface area contributed by atoms with Gasteiger partial charge >= 0.3 is 0 Å². The van der Waals surface area contributed by atoms with E-state index in [2.05, 4.69) is 47.2 Å². The number of nitrogens with one attached hydrogen (secondary N) is 1. The van der Waals surface area contributed by atoms with Crippen LogP contribution in [0.3, 0.4) is 0 Å². The standard InChI is InChI=1S/C24H27N3O/c1-18(2)27(17-20-9-5-4-6-10-20)23-15-22(12-13-25-23)24(28)26-16-21-11-7-8-19(3)14-21/h4-15,18H,16-17H2,1-3H3,(H,26,28). The fourth-order valence-electron chi connectivity index (χ4n) is 3.13. The summed E-state index contributed by atoms with van der Waals surface area (Å²) in [6.07, 6.45) is 1.71. The summed E-state index contributed by atoms with van der Waals surface area (Å²) < 4.78 is 0. The van der Waals surface area contributed by atoms with Crippen LogP contribution in [0.2, 0.25) is 0 Å². The van der Waals surface area contributed by atoms with Gasteiger partial charge in [0.2, 0.25) is 0 Å². The first-order valence-electron chi connectivity index (χ1n) is 9.63. The Morgan fingerprint density at radius 3 is 2.46 bits per heavy atom. The van der Waals surface area contributed by atoms with Gasteiger partial charge in [0, 0.05) is 30.9 Å². The minimum absolute atomic E-state index is 0.0893. The second-order valence-corrected chi connectivity index (χ2v) is 7.28. The van der Waals surface area contributed by atoms with Crippen LogP contribution in [-0.2, 0) is 13.1 Å². The third-order valence-corrected chi connectivity index (χ3v) is 4.66. The Labute approximate surface area is 167 Å². The zero-order valence-electron chi connectivity index (χ0n) is 16.7. The molecule has 0 spiro atoms. The van der Waals surface area contributed by atoms with Crippen molar-refractivity contribution < 1.29 is 4.79 Å². The molecule has 144 valence electrons. The molecule has 0 aliphatic rings. The number of nitrogens with zero attached hydrogens (tertiary/aromatic N) is 2. The number of aryl methyl sites for hydroxylation is 1. The number of carbonyl (C=O) groups excluding carboxylic acids is 1. The lowest BCUT2D eigenvalue weighted by molar-refractivity contribution is 0.0951. The highest BCUT2D eigenvalue weighted by atomic mass is 16.1. The first-order valence-corrected chi connectivity index (χ1v) is 9.63. The quantitative estimate of drug-likeness (QED) is 0.651. The SMILES string of the molecule is Cc1cccc(CNC(=O)c2ccnc(N(Cc3ccccc3)C(C)C)c2)c1. The molecule has 1 heterocycles. The van der Waals surface area contributed by atoms with E-state index in [9.17, 15) is 4.79 Å². The van der Waals surface area contributed by atoms with Gasteiger partial charge < -0.3 is 10.2 Å². The number of carbonyl (C=O) groups is 1. The average molecular weight is 374 g/mol. The predicted molar refractivity (Wildman–Crippen MR) is 114 cm³/mol. The molecule has 28 heavy (non-hydrogen) atoms. The molecule has 1 amide bonds. The molecule has 0 aliphatic carbocycles. The molecule has 4 heteroatoms. The number of benzene rings is 2. The normalized spacial score (nSPS) is 10.7. The Bertz CT molecular complexity index is 922. The van der Waals surface area contributed by atoms with Gasteiger partial charge in [-0.3, -0.25) is 4.79 Å². The summed E-state index contributed by atoms with van der Waals surface area (Å²) in [7, 11) is 0. The summed E-state index contributed by atoms with van der Waals surface area (Å²) in [4.78, 5) is 19.4. The summed E-state index contributed by atoms with van der Waals surface area (Å²) >= 11 is 0. The fourth-order valence-corrected chi connectivity index (χ4v) is 3.13. The Morgan fingerprint density at radius 2 is 1.75 bits per heavy atom. The molecule has 0 bridgehead atoms. The summed E-state index contributed by atoms with van der Waals surface area (Å²) in [6, 6.07) is 22.3. The van der Waals surface area contributed by atoms with Gasteiger partial charge in [-0.15, -0.1) is 0 Å². The molecule has 0 atom stereocenters. The van der Waals surface area contributed by atoms with E-state index in [1.165, 1.54) is 11.1 Å². The maximum absolute atomic E-state index is 12.6. The first kappa shape index (κ1) is 19.6. The van der Waals surface area contributed by atoms with E-state index in [1.54, 1.807) is 12.3 Å². The number of rotatable bonds is 7. The van der Waals surface area contributed by atoms with E-state index in [4.69, 9.17) is 0 Å². The smallest absolute Gasteiger partial charge is 0.251 e. The molecule has 0 aliphatic heterocycles. The first-order chi connectivity index (χ1) is 13.5. The summed E-state index contributed by atoms with van der Waals surface area (Å²) in [5.74, 6) is 0.718. The third kappa shape index (κ3) is 5.19. The highest BCUT2D eigenvalue weighted by Gasteiger charge is 2.15. The Kier molecular flexibility index (Phi) is 6.43. The largest absolute Gasteiger partial charge is 0.350 e. The van der Waals surface area contributed by atoms with Crippen molar-refractivity contribution in [2.75, 3.05) is 4.90 Å². The lowest BCUT2D eigenvalue weighted by Crippen LogP contribution is -2.31. The van der Waals surface area contributed by atoms with E-state index < -0.39 is 0 Å². The van der Waals surface area contributed by atoms with Crippen LogP contribution < -0.4 is 10.2 Å². The molecule has 0 fully saturated rings. The Balaban J connectivity index is 1.73. The van der Waals surface area contributed by atoms with Crippen LogP contribution in [0.5, 0.6) is 0 Å². The van der Waals surface area contributed by atoms with Gasteiger partial charge in [-0.25, -0.2) is 4.98 Å². The van der Waals surface area contributed by atoms with E-state index in [-0.39, 0.29) is 11.9 Å². The molecule has 0 saturated heterocycles. The summed E-state index contributed by atoms with van der Waals surface area (Å²) in [5, 5.41) is 3.00. The minimum atomic E-state index is -0.0893. The number of aromatic nitrogens is 1. The van der Waals surface area contributed by atoms with Crippen LogP contribution >= 0.6 is 0 Å². The van der Waals surface area contributed by atoms with Gasteiger partial charge in [0.15, 0.2) is 0 Å². The van der Waals surface area contributed by atoms with Crippen molar-refractivity contribution in [3.8, 4) is 0 Å². The lowest BCUT2D eigenvalue weighted by atomic mass is 10.1. The maximum atomic E-state index is 12.6. The molecule has 2 aromatic carbocycles. The summed E-state index contributed by atoms with van der Waals surface area (Å²) in [5.41, 5.74) is 4.12. The van der Waals surface area contributed by atoms with Crippen LogP contribution in [0.15, 0.2) is 72.9 Å². The number of hydrogen-bond acceptors (Lipinski definition) is 3. The second-order valence-electron chi connectivity index (χ2n) is 7.28. The molecule has 1 N–H and O–H groups in total. The second kappa shape index (κ2) is 9.18. The molecule has 0 saturated carbocycles.